The van der Waals surface area contributed by atoms with Gasteiger partial charge in [0.2, 0.25) is 0 Å². The molecule has 23 heavy (non-hydrogen) atoms. The first-order valence-corrected chi connectivity index (χ1v) is 7.53. The van der Waals surface area contributed by atoms with Crippen molar-refractivity contribution in [2.45, 2.75) is 59.8 Å². The lowest BCUT2D eigenvalue weighted by Crippen LogP contribution is -2.40. The first-order valence-electron chi connectivity index (χ1n) is 7.53. The van der Waals surface area contributed by atoms with Crippen molar-refractivity contribution in [1.82, 2.24) is 14.8 Å². The van der Waals surface area contributed by atoms with Gasteiger partial charge in [-0.05, 0) is 41.5 Å². The van der Waals surface area contributed by atoms with E-state index in [1.165, 1.54) is 0 Å². The molecule has 0 aliphatic carbocycles. The Balaban J connectivity index is 2.74. The zero-order valence-corrected chi connectivity index (χ0v) is 14.1. The molecule has 0 saturated carbocycles. The van der Waals surface area contributed by atoms with E-state index in [-0.39, 0.29) is 12.1 Å². The molecule has 3 nitrogen and oxygen atoms in total. The van der Waals surface area contributed by atoms with Crippen LogP contribution in [-0.2, 0) is 0 Å². The van der Waals surface area contributed by atoms with Gasteiger partial charge in [-0.1, -0.05) is 0 Å². The Kier molecular flexibility index (Phi) is 4.59. The highest BCUT2D eigenvalue weighted by molar-refractivity contribution is 5.29. The van der Waals surface area contributed by atoms with Crippen LogP contribution in [0, 0.1) is 23.5 Å². The Labute approximate surface area is 133 Å². The highest BCUT2D eigenvalue weighted by Gasteiger charge is 2.42. The van der Waals surface area contributed by atoms with Crippen LogP contribution < -0.4 is 0 Å². The van der Waals surface area contributed by atoms with Crippen molar-refractivity contribution in [2.75, 3.05) is 0 Å². The van der Waals surface area contributed by atoms with E-state index in [4.69, 9.17) is 0 Å². The fraction of sp³-hybridized carbons (Fsp3) is 0.562. The molecule has 0 aromatic carbocycles. The van der Waals surface area contributed by atoms with Gasteiger partial charge in [0.15, 0.2) is 11.6 Å². The second-order valence-electron chi connectivity index (χ2n) is 6.28. The number of pyridine rings is 1. The van der Waals surface area contributed by atoms with E-state index in [0.29, 0.717) is 0 Å². The first-order chi connectivity index (χ1) is 10.6. The molecule has 2 heterocycles. The predicted molar refractivity (Wildman–Crippen MR) is 79.1 cm³/mol. The van der Waals surface area contributed by atoms with Gasteiger partial charge >= 0.3 is 0 Å². The molecular formula is C16H21F4N3. The molecule has 0 saturated heterocycles. The molecule has 2 rings (SSSR count). The van der Waals surface area contributed by atoms with E-state index in [9.17, 15) is 17.6 Å². The van der Waals surface area contributed by atoms with Crippen LogP contribution in [0.2, 0.25) is 0 Å². The summed E-state index contributed by atoms with van der Waals surface area (Å²) in [6.07, 6.45) is -0.956. The van der Waals surface area contributed by atoms with Crippen molar-refractivity contribution in [3.8, 4) is 0 Å². The van der Waals surface area contributed by atoms with E-state index in [1.807, 2.05) is 41.5 Å². The quantitative estimate of drug-likeness (QED) is 0.607. The van der Waals surface area contributed by atoms with Gasteiger partial charge in [0, 0.05) is 23.5 Å². The molecule has 1 aliphatic heterocycles. The normalized spacial score (nSPS) is 16.5. The summed E-state index contributed by atoms with van der Waals surface area (Å²) in [4.78, 5) is 6.17. The number of aromatic nitrogens is 1. The van der Waals surface area contributed by atoms with E-state index in [0.717, 1.165) is 11.4 Å². The highest BCUT2D eigenvalue weighted by Crippen LogP contribution is 2.43. The Hall–Kier alpha value is -1.79. The van der Waals surface area contributed by atoms with Crippen molar-refractivity contribution in [2.24, 2.45) is 0 Å². The fourth-order valence-electron chi connectivity index (χ4n) is 3.22. The highest BCUT2D eigenvalue weighted by atomic mass is 19.2. The molecule has 1 aliphatic rings. The number of nitrogens with zero attached hydrogens (tertiary/aromatic N) is 3. The minimum Gasteiger partial charge on any atom is -0.347 e. The monoisotopic (exact) mass is 331 g/mol. The van der Waals surface area contributed by atoms with Gasteiger partial charge in [0.1, 0.15) is 6.17 Å². The summed E-state index contributed by atoms with van der Waals surface area (Å²) >= 11 is 0. The van der Waals surface area contributed by atoms with Crippen molar-refractivity contribution in [1.29, 1.82) is 0 Å². The Morgan fingerprint density at radius 2 is 1.13 bits per heavy atom. The second kappa shape index (κ2) is 6.02. The predicted octanol–water partition coefficient (Wildman–Crippen LogP) is 4.32. The summed E-state index contributed by atoms with van der Waals surface area (Å²) in [6, 6.07) is -0.228. The second-order valence-corrected chi connectivity index (χ2v) is 6.28. The minimum atomic E-state index is -1.63. The molecule has 128 valence electrons. The number of allylic oxidation sites excluding steroid dienone is 2. The molecule has 0 amide bonds. The molecule has 0 fully saturated rings. The fourth-order valence-corrected chi connectivity index (χ4v) is 3.22. The SMILES string of the molecule is CC1=C(C)N(C(C)C)C(c2c(F)c(F)nc(F)c2F)N1C(C)C. The molecule has 0 unspecified atom stereocenters. The van der Waals surface area contributed by atoms with E-state index in [2.05, 4.69) is 4.98 Å². The maximum Gasteiger partial charge on any atom is 0.252 e. The molecule has 0 atom stereocenters. The third-order valence-electron chi connectivity index (χ3n) is 4.23. The standard InChI is InChI=1S/C16H21F4N3/c1-7(2)22-9(5)10(6)23(8(3)4)16(22)11-12(17)14(19)21-15(20)13(11)18/h7-8,16H,1-6H3. The number of halogens is 4. The van der Waals surface area contributed by atoms with Crippen LogP contribution in [-0.4, -0.2) is 26.9 Å². The molecule has 0 radical (unpaired) electrons. The maximum atomic E-state index is 14.3. The van der Waals surface area contributed by atoms with Crippen LogP contribution in [0.4, 0.5) is 17.6 Å². The van der Waals surface area contributed by atoms with Gasteiger partial charge in [0.25, 0.3) is 11.9 Å². The lowest BCUT2D eigenvalue weighted by atomic mass is 10.1. The van der Waals surface area contributed by atoms with Crippen molar-refractivity contribution in [3.05, 3.63) is 40.5 Å². The summed E-state index contributed by atoms with van der Waals surface area (Å²) in [5.74, 6) is -6.16. The average Bonchev–Trinajstić information content (AvgIpc) is 2.69. The lowest BCUT2D eigenvalue weighted by molar-refractivity contribution is 0.0831. The lowest BCUT2D eigenvalue weighted by Gasteiger charge is -2.39. The van der Waals surface area contributed by atoms with Crippen LogP contribution in [0.3, 0.4) is 0 Å². The van der Waals surface area contributed by atoms with Crippen molar-refractivity contribution < 1.29 is 17.6 Å². The van der Waals surface area contributed by atoms with E-state index in [1.54, 1.807) is 9.80 Å². The number of rotatable bonds is 3. The molecule has 1 aromatic rings. The van der Waals surface area contributed by atoms with Gasteiger partial charge in [-0.3, -0.25) is 0 Å². The van der Waals surface area contributed by atoms with Crippen LogP contribution in [0.25, 0.3) is 0 Å². The number of hydrogen-bond acceptors (Lipinski definition) is 3. The third kappa shape index (κ3) is 2.66. The summed E-state index contributed by atoms with van der Waals surface area (Å²) in [5.41, 5.74) is 0.985. The largest absolute Gasteiger partial charge is 0.347 e. The summed E-state index contributed by atoms with van der Waals surface area (Å²) in [6.45, 7) is 11.1. The van der Waals surface area contributed by atoms with Crippen molar-refractivity contribution in [3.63, 3.8) is 0 Å². The topological polar surface area (TPSA) is 19.4 Å². The first kappa shape index (κ1) is 17.6. The molecule has 0 spiro atoms. The van der Waals surface area contributed by atoms with Gasteiger partial charge in [0.05, 0.1) is 5.56 Å². The minimum absolute atomic E-state index is 0.114. The molecule has 0 N–H and O–H groups in total. The third-order valence-corrected chi connectivity index (χ3v) is 4.23. The summed E-state index contributed by atoms with van der Waals surface area (Å²) in [7, 11) is 0. The number of hydrogen-bond donors (Lipinski definition) is 0. The molecule has 0 bridgehead atoms. The van der Waals surface area contributed by atoms with Crippen LogP contribution in [0.5, 0.6) is 0 Å². The van der Waals surface area contributed by atoms with E-state index >= 15 is 0 Å². The average molecular weight is 331 g/mol. The zero-order chi connectivity index (χ0) is 17.6. The molecule has 1 aromatic heterocycles. The van der Waals surface area contributed by atoms with Crippen LogP contribution in [0.1, 0.15) is 53.3 Å². The van der Waals surface area contributed by atoms with Gasteiger partial charge in [-0.25, -0.2) is 8.78 Å². The maximum absolute atomic E-state index is 14.3. The van der Waals surface area contributed by atoms with Gasteiger partial charge < -0.3 is 9.80 Å². The Morgan fingerprint density at radius 1 is 0.783 bits per heavy atom. The molecule has 7 heteroatoms. The smallest absolute Gasteiger partial charge is 0.252 e. The Bertz CT molecular complexity index is 605. The van der Waals surface area contributed by atoms with Gasteiger partial charge in [-0.2, -0.15) is 13.8 Å². The molecular weight excluding hydrogens is 310 g/mol. The summed E-state index contributed by atoms with van der Waals surface area (Å²) in [5, 5.41) is 0. The van der Waals surface area contributed by atoms with Crippen molar-refractivity contribution >= 4 is 0 Å². The van der Waals surface area contributed by atoms with Crippen LogP contribution >= 0.6 is 0 Å². The van der Waals surface area contributed by atoms with Gasteiger partial charge in [-0.15, -0.1) is 0 Å². The Morgan fingerprint density at radius 3 is 1.43 bits per heavy atom. The van der Waals surface area contributed by atoms with Crippen LogP contribution in [0.15, 0.2) is 11.4 Å². The summed E-state index contributed by atoms with van der Waals surface area (Å²) < 4.78 is 55.8. The van der Waals surface area contributed by atoms with E-state index < -0.39 is 35.3 Å². The zero-order valence-electron chi connectivity index (χ0n) is 14.1.